The van der Waals surface area contributed by atoms with Crippen molar-refractivity contribution in [3.63, 3.8) is 0 Å². The lowest BCUT2D eigenvalue weighted by atomic mass is 9.84. The molecule has 0 saturated carbocycles. The first-order chi connectivity index (χ1) is 17.6. The average Bonchev–Trinajstić information content (AvgIpc) is 2.97. The van der Waals surface area contributed by atoms with Crippen LogP contribution in [0, 0.1) is 31.1 Å². The van der Waals surface area contributed by atoms with Crippen LogP contribution in [0.2, 0.25) is 0 Å². The molecule has 4 rings (SSSR count). The smallest absolute Gasteiger partial charge is 0.306 e. The summed E-state index contributed by atoms with van der Waals surface area (Å²) in [5, 5.41) is 9.29. The highest BCUT2D eigenvalue weighted by Crippen LogP contribution is 2.55. The molecule has 0 amide bonds. The molecule has 0 aliphatic carbocycles. The SMILES string of the molecule is COC(=O)CC(c1ccc(C)c(CN2CC(C)Cc3ccccc3S2(O)O)c1)c1ccc(C#N)cc1C. The summed E-state index contributed by atoms with van der Waals surface area (Å²) in [5.74, 6) is -0.321. The number of rotatable bonds is 6. The Morgan fingerprint density at radius 2 is 1.89 bits per heavy atom. The molecule has 0 saturated heterocycles. The highest BCUT2D eigenvalue weighted by molar-refractivity contribution is 8.22. The van der Waals surface area contributed by atoms with Crippen LogP contribution in [0.25, 0.3) is 0 Å². The molecule has 194 valence electrons. The molecule has 2 unspecified atom stereocenters. The normalized spacial score (nSPS) is 18.7. The van der Waals surface area contributed by atoms with Gasteiger partial charge in [0.25, 0.3) is 0 Å². The third kappa shape index (κ3) is 5.73. The van der Waals surface area contributed by atoms with Crippen molar-refractivity contribution in [2.45, 2.75) is 51.0 Å². The Labute approximate surface area is 221 Å². The fraction of sp³-hybridized carbons (Fsp3) is 0.333. The lowest BCUT2D eigenvalue weighted by Gasteiger charge is -2.43. The molecule has 1 aliphatic rings. The number of esters is 1. The van der Waals surface area contributed by atoms with Gasteiger partial charge in [0, 0.05) is 19.0 Å². The van der Waals surface area contributed by atoms with Crippen LogP contribution in [-0.2, 0) is 22.5 Å². The van der Waals surface area contributed by atoms with Gasteiger partial charge in [-0.05, 0) is 77.8 Å². The van der Waals surface area contributed by atoms with Crippen molar-refractivity contribution in [1.82, 2.24) is 4.31 Å². The molecule has 0 spiro atoms. The predicted octanol–water partition coefficient (Wildman–Crippen LogP) is 6.59. The third-order valence-electron chi connectivity index (χ3n) is 7.21. The summed E-state index contributed by atoms with van der Waals surface area (Å²) < 4.78 is 29.6. The molecule has 2 atom stereocenters. The molecule has 0 fully saturated rings. The van der Waals surface area contributed by atoms with Crippen LogP contribution in [0.15, 0.2) is 65.6 Å². The number of ether oxygens (including phenoxy) is 1. The largest absolute Gasteiger partial charge is 0.469 e. The zero-order valence-electron chi connectivity index (χ0n) is 21.8. The molecule has 0 bridgehead atoms. The number of hydrogen-bond acceptors (Lipinski definition) is 6. The summed E-state index contributed by atoms with van der Waals surface area (Å²) in [6.07, 6.45) is 0.954. The highest BCUT2D eigenvalue weighted by Gasteiger charge is 2.33. The maximum atomic E-state index is 12.4. The summed E-state index contributed by atoms with van der Waals surface area (Å²) in [7, 11) is -1.78. The molecule has 37 heavy (non-hydrogen) atoms. The zero-order chi connectivity index (χ0) is 26.7. The predicted molar refractivity (Wildman–Crippen MR) is 146 cm³/mol. The minimum Gasteiger partial charge on any atom is -0.469 e. The van der Waals surface area contributed by atoms with E-state index in [4.69, 9.17) is 4.74 Å². The minimum absolute atomic E-state index is 0.162. The van der Waals surface area contributed by atoms with E-state index in [1.54, 1.807) is 10.4 Å². The van der Waals surface area contributed by atoms with Crippen molar-refractivity contribution in [3.8, 4) is 6.07 Å². The van der Waals surface area contributed by atoms with Crippen LogP contribution < -0.4 is 0 Å². The Balaban J connectivity index is 1.73. The quantitative estimate of drug-likeness (QED) is 0.358. The fourth-order valence-electron chi connectivity index (χ4n) is 5.19. The van der Waals surface area contributed by atoms with Crippen molar-refractivity contribution in [2.75, 3.05) is 13.7 Å². The molecule has 6 nitrogen and oxygen atoms in total. The second-order valence-corrected chi connectivity index (χ2v) is 12.0. The van der Waals surface area contributed by atoms with E-state index in [1.165, 1.54) is 7.11 Å². The summed E-state index contributed by atoms with van der Waals surface area (Å²) in [4.78, 5) is 13.0. The van der Waals surface area contributed by atoms with E-state index in [2.05, 4.69) is 19.1 Å². The number of nitriles is 1. The van der Waals surface area contributed by atoms with Gasteiger partial charge in [-0.15, -0.1) is 10.8 Å². The highest BCUT2D eigenvalue weighted by atomic mass is 32.3. The second kappa shape index (κ2) is 11.1. The Bertz CT molecular complexity index is 1350. The molecule has 3 aromatic carbocycles. The van der Waals surface area contributed by atoms with E-state index in [-0.39, 0.29) is 24.2 Å². The van der Waals surface area contributed by atoms with E-state index in [1.807, 2.05) is 62.4 Å². The molecule has 3 aromatic rings. The number of aryl methyl sites for hydroxylation is 2. The van der Waals surface area contributed by atoms with Crippen molar-refractivity contribution in [2.24, 2.45) is 5.92 Å². The van der Waals surface area contributed by atoms with E-state index in [0.717, 1.165) is 39.8 Å². The summed E-state index contributed by atoms with van der Waals surface area (Å²) >= 11 is 0. The monoisotopic (exact) mass is 518 g/mol. The minimum atomic E-state index is -3.16. The standard InChI is InChI=1S/C30H34N2O4S/c1-20-13-25-7-5-6-8-29(25)37(34,35)32(18-20)19-26-15-24(11-9-21(26)2)28(16-30(33)36-4)27-12-10-23(17-31)14-22(27)3/h5-12,14-15,20,28,34-35H,13,16,18-19H2,1-4H3. The van der Waals surface area contributed by atoms with Gasteiger partial charge in [-0.25, -0.2) is 0 Å². The Morgan fingerprint density at radius 1 is 1.14 bits per heavy atom. The van der Waals surface area contributed by atoms with Crippen LogP contribution in [0.3, 0.4) is 0 Å². The van der Waals surface area contributed by atoms with Gasteiger partial charge < -0.3 is 4.74 Å². The van der Waals surface area contributed by atoms with E-state index >= 15 is 0 Å². The van der Waals surface area contributed by atoms with Crippen LogP contribution in [0.5, 0.6) is 0 Å². The molecule has 7 heteroatoms. The molecular weight excluding hydrogens is 484 g/mol. The van der Waals surface area contributed by atoms with Crippen LogP contribution in [-0.4, -0.2) is 33.0 Å². The lowest BCUT2D eigenvalue weighted by Crippen LogP contribution is -2.30. The molecule has 2 N–H and O–H groups in total. The van der Waals surface area contributed by atoms with E-state index in [9.17, 15) is 19.2 Å². The van der Waals surface area contributed by atoms with Gasteiger partial charge in [0.15, 0.2) is 0 Å². The summed E-state index contributed by atoms with van der Waals surface area (Å²) in [6.45, 7) is 7.02. The Kier molecular flexibility index (Phi) is 8.05. The molecule has 1 aliphatic heterocycles. The van der Waals surface area contributed by atoms with Gasteiger partial charge in [0.1, 0.15) is 0 Å². The number of fused-ring (bicyclic) bond motifs is 1. The maximum Gasteiger partial charge on any atom is 0.306 e. The Morgan fingerprint density at radius 3 is 2.59 bits per heavy atom. The third-order valence-corrected chi connectivity index (χ3v) is 9.19. The van der Waals surface area contributed by atoms with Gasteiger partial charge in [-0.3, -0.25) is 13.9 Å². The zero-order valence-corrected chi connectivity index (χ0v) is 22.6. The first kappa shape index (κ1) is 26.9. The molecule has 1 heterocycles. The topological polar surface area (TPSA) is 93.8 Å². The van der Waals surface area contributed by atoms with Gasteiger partial charge >= 0.3 is 5.97 Å². The number of nitrogens with zero attached hydrogens (tertiary/aromatic N) is 2. The number of carbonyl (C=O) groups excluding carboxylic acids is 1. The van der Waals surface area contributed by atoms with Crippen molar-refractivity contribution in [3.05, 3.63) is 99.6 Å². The van der Waals surface area contributed by atoms with Gasteiger partial charge in [-0.2, -0.15) is 9.57 Å². The summed E-state index contributed by atoms with van der Waals surface area (Å²) in [6, 6.07) is 21.4. The van der Waals surface area contributed by atoms with E-state index < -0.39 is 10.8 Å². The first-order valence-corrected chi connectivity index (χ1v) is 13.9. The van der Waals surface area contributed by atoms with Gasteiger partial charge in [-0.1, -0.05) is 49.4 Å². The van der Waals surface area contributed by atoms with Gasteiger partial charge in [0.05, 0.1) is 30.1 Å². The first-order valence-electron chi connectivity index (χ1n) is 12.4. The summed E-state index contributed by atoms with van der Waals surface area (Å²) in [5.41, 5.74) is 6.41. The second-order valence-electron chi connectivity index (χ2n) is 9.96. The fourth-order valence-corrected chi connectivity index (χ4v) is 7.01. The van der Waals surface area contributed by atoms with E-state index in [0.29, 0.717) is 23.5 Å². The van der Waals surface area contributed by atoms with Crippen molar-refractivity contribution >= 4 is 16.7 Å². The lowest BCUT2D eigenvalue weighted by molar-refractivity contribution is -0.140. The van der Waals surface area contributed by atoms with Crippen LogP contribution >= 0.6 is 10.8 Å². The van der Waals surface area contributed by atoms with Crippen molar-refractivity contribution < 1.29 is 18.6 Å². The van der Waals surface area contributed by atoms with Crippen molar-refractivity contribution in [1.29, 1.82) is 5.26 Å². The van der Waals surface area contributed by atoms with Crippen LogP contribution in [0.4, 0.5) is 0 Å². The molecule has 0 radical (unpaired) electrons. The maximum absolute atomic E-state index is 12.4. The van der Waals surface area contributed by atoms with Crippen LogP contribution in [0.1, 0.15) is 58.2 Å². The molecule has 0 aromatic heterocycles. The average molecular weight is 519 g/mol. The molecular formula is C30H34N2O4S. The van der Waals surface area contributed by atoms with Gasteiger partial charge in [0.2, 0.25) is 0 Å². The number of benzene rings is 3. The number of hydrogen-bond donors (Lipinski definition) is 2. The Hall–Kier alpha value is -3.15. The number of methoxy groups -OCH3 is 1. The number of carbonyl (C=O) groups is 1.